The Bertz CT molecular complexity index is 384. The van der Waals surface area contributed by atoms with Crippen molar-refractivity contribution in [1.82, 2.24) is 10.2 Å². The average Bonchev–Trinajstić information content (AvgIpc) is 2.84. The number of morpholine rings is 1. The minimum atomic E-state index is -0.427. The van der Waals surface area contributed by atoms with E-state index in [0.29, 0.717) is 32.5 Å². The molecule has 1 N–H and O–H groups in total. The van der Waals surface area contributed by atoms with Crippen molar-refractivity contribution in [1.29, 1.82) is 0 Å². The molecule has 2 aliphatic rings. The molecule has 0 spiro atoms. The molecule has 7 nitrogen and oxygen atoms in total. The maximum atomic E-state index is 12.2. The molecular weight excluding hydrogens is 252 g/mol. The second-order valence-corrected chi connectivity index (χ2v) is 4.72. The maximum Gasteiger partial charge on any atom is 0.308 e. The lowest BCUT2D eigenvalue weighted by atomic mass is 10.1. The predicted molar refractivity (Wildman–Crippen MR) is 64.1 cm³/mol. The largest absolute Gasteiger partial charge is 0.469 e. The summed E-state index contributed by atoms with van der Waals surface area (Å²) in [6.07, 6.45) is 0.739. The number of carbonyl (C=O) groups excluding carboxylic acids is 3. The van der Waals surface area contributed by atoms with Gasteiger partial charge in [-0.25, -0.2) is 0 Å². The average molecular weight is 270 g/mol. The lowest BCUT2D eigenvalue weighted by molar-refractivity contribution is -0.150. The number of ether oxygens (including phenoxy) is 2. The molecule has 0 radical (unpaired) electrons. The van der Waals surface area contributed by atoms with Crippen LogP contribution in [0.2, 0.25) is 0 Å². The smallest absolute Gasteiger partial charge is 0.308 e. The maximum absolute atomic E-state index is 12.2. The monoisotopic (exact) mass is 270 g/mol. The predicted octanol–water partition coefficient (Wildman–Crippen LogP) is -0.944. The second-order valence-electron chi connectivity index (χ2n) is 4.72. The van der Waals surface area contributed by atoms with Crippen LogP contribution in [0.5, 0.6) is 0 Å². The zero-order valence-electron chi connectivity index (χ0n) is 10.9. The molecule has 2 aliphatic heterocycles. The van der Waals surface area contributed by atoms with Gasteiger partial charge in [0.25, 0.3) is 0 Å². The number of nitrogens with zero attached hydrogens (tertiary/aromatic N) is 1. The van der Waals surface area contributed by atoms with Gasteiger partial charge in [-0.2, -0.15) is 0 Å². The van der Waals surface area contributed by atoms with Gasteiger partial charge in [0.05, 0.1) is 26.2 Å². The van der Waals surface area contributed by atoms with Gasteiger partial charge >= 0.3 is 5.97 Å². The normalized spacial score (nSPS) is 27.0. The molecule has 2 rings (SSSR count). The Hall–Kier alpha value is -1.63. The van der Waals surface area contributed by atoms with E-state index in [1.807, 2.05) is 0 Å². The molecule has 2 amide bonds. The molecule has 0 bridgehead atoms. The van der Waals surface area contributed by atoms with Crippen LogP contribution >= 0.6 is 0 Å². The number of esters is 1. The molecule has 1 unspecified atom stereocenters. The minimum Gasteiger partial charge on any atom is -0.469 e. The van der Waals surface area contributed by atoms with Crippen LogP contribution in [0.1, 0.15) is 19.3 Å². The number of methoxy groups -OCH3 is 1. The molecule has 0 aromatic carbocycles. The topological polar surface area (TPSA) is 84.9 Å². The van der Waals surface area contributed by atoms with Crippen molar-refractivity contribution >= 4 is 17.8 Å². The summed E-state index contributed by atoms with van der Waals surface area (Å²) in [5.41, 5.74) is 0. The summed E-state index contributed by atoms with van der Waals surface area (Å²) in [6.45, 7) is 1.25. The standard InChI is InChI=1S/C12H18N2O5/c1-18-11(16)6-8-7-14(4-5-19-8)12(17)9-2-3-10(15)13-9/h8-9H,2-7H2,1H3,(H,13,15)/t8?,9-/m1/s1. The first-order valence-corrected chi connectivity index (χ1v) is 6.36. The van der Waals surface area contributed by atoms with Crippen molar-refractivity contribution in [2.45, 2.75) is 31.4 Å². The Morgan fingerprint density at radius 3 is 2.95 bits per heavy atom. The highest BCUT2D eigenvalue weighted by Crippen LogP contribution is 2.14. The van der Waals surface area contributed by atoms with Crippen LogP contribution in [0, 0.1) is 0 Å². The quantitative estimate of drug-likeness (QED) is 0.669. The van der Waals surface area contributed by atoms with Crippen LogP contribution < -0.4 is 5.32 Å². The molecule has 0 saturated carbocycles. The van der Waals surface area contributed by atoms with Gasteiger partial charge in [0.15, 0.2) is 0 Å². The SMILES string of the molecule is COC(=O)CC1CN(C(=O)[C@H]2CCC(=O)N2)CCO1. The van der Waals surface area contributed by atoms with Crippen molar-refractivity contribution in [3.63, 3.8) is 0 Å². The first-order valence-electron chi connectivity index (χ1n) is 6.36. The fraction of sp³-hybridized carbons (Fsp3) is 0.750. The first kappa shape index (κ1) is 13.8. The third kappa shape index (κ3) is 3.44. The Morgan fingerprint density at radius 1 is 1.53 bits per heavy atom. The molecule has 0 aromatic rings. The lowest BCUT2D eigenvalue weighted by Crippen LogP contribution is -2.52. The van der Waals surface area contributed by atoms with Crippen molar-refractivity contribution < 1.29 is 23.9 Å². The van der Waals surface area contributed by atoms with E-state index in [1.165, 1.54) is 7.11 Å². The van der Waals surface area contributed by atoms with Gasteiger partial charge in [0, 0.05) is 19.5 Å². The summed E-state index contributed by atoms with van der Waals surface area (Å²) < 4.78 is 10.0. The molecule has 0 aliphatic carbocycles. The molecule has 2 saturated heterocycles. The Balaban J connectivity index is 1.88. The van der Waals surface area contributed by atoms with Crippen molar-refractivity contribution in [3.05, 3.63) is 0 Å². The van der Waals surface area contributed by atoms with Crippen LogP contribution in [0.15, 0.2) is 0 Å². The van der Waals surface area contributed by atoms with Crippen LogP contribution in [0.25, 0.3) is 0 Å². The van der Waals surface area contributed by atoms with Crippen LogP contribution in [0.4, 0.5) is 0 Å². The summed E-state index contributed by atoms with van der Waals surface area (Å²) in [5, 5.41) is 2.66. The molecule has 7 heteroatoms. The summed E-state index contributed by atoms with van der Waals surface area (Å²) in [5.74, 6) is -0.532. The van der Waals surface area contributed by atoms with Crippen LogP contribution in [-0.4, -0.2) is 61.6 Å². The number of hydrogen-bond donors (Lipinski definition) is 1. The van der Waals surface area contributed by atoms with Gasteiger partial charge in [0.1, 0.15) is 6.04 Å². The van der Waals surface area contributed by atoms with Crippen molar-refractivity contribution in [2.24, 2.45) is 0 Å². The number of nitrogens with one attached hydrogen (secondary N) is 1. The second kappa shape index (κ2) is 6.01. The van der Waals surface area contributed by atoms with E-state index in [2.05, 4.69) is 10.1 Å². The third-order valence-electron chi connectivity index (χ3n) is 3.37. The summed E-state index contributed by atoms with van der Waals surface area (Å²) in [7, 11) is 1.32. The number of amides is 2. The molecule has 19 heavy (non-hydrogen) atoms. The van der Waals surface area contributed by atoms with E-state index in [-0.39, 0.29) is 30.3 Å². The van der Waals surface area contributed by atoms with Crippen LogP contribution in [-0.2, 0) is 23.9 Å². The van der Waals surface area contributed by atoms with Gasteiger partial charge in [-0.3, -0.25) is 14.4 Å². The number of carbonyl (C=O) groups is 3. The molecule has 0 aromatic heterocycles. The van der Waals surface area contributed by atoms with E-state index in [4.69, 9.17) is 4.74 Å². The molecule has 2 heterocycles. The third-order valence-corrected chi connectivity index (χ3v) is 3.37. The fourth-order valence-corrected chi connectivity index (χ4v) is 2.33. The Labute approximate surface area is 111 Å². The zero-order valence-corrected chi connectivity index (χ0v) is 10.9. The highest BCUT2D eigenvalue weighted by molar-refractivity contribution is 5.90. The van der Waals surface area contributed by atoms with Gasteiger partial charge in [-0.1, -0.05) is 0 Å². The van der Waals surface area contributed by atoms with E-state index in [0.717, 1.165) is 0 Å². The number of hydrogen-bond acceptors (Lipinski definition) is 5. The van der Waals surface area contributed by atoms with E-state index in [1.54, 1.807) is 4.90 Å². The van der Waals surface area contributed by atoms with Crippen LogP contribution in [0.3, 0.4) is 0 Å². The van der Waals surface area contributed by atoms with Gasteiger partial charge < -0.3 is 19.7 Å². The van der Waals surface area contributed by atoms with E-state index in [9.17, 15) is 14.4 Å². The van der Waals surface area contributed by atoms with Gasteiger partial charge in [-0.15, -0.1) is 0 Å². The number of rotatable bonds is 3. The van der Waals surface area contributed by atoms with Gasteiger partial charge in [-0.05, 0) is 6.42 Å². The molecule has 2 fully saturated rings. The van der Waals surface area contributed by atoms with Gasteiger partial charge in [0.2, 0.25) is 11.8 Å². The Kier molecular flexibility index (Phi) is 4.36. The van der Waals surface area contributed by atoms with E-state index >= 15 is 0 Å². The highest BCUT2D eigenvalue weighted by Gasteiger charge is 2.33. The molecule has 106 valence electrons. The van der Waals surface area contributed by atoms with Crippen molar-refractivity contribution in [3.8, 4) is 0 Å². The molecular formula is C12H18N2O5. The highest BCUT2D eigenvalue weighted by atomic mass is 16.5. The van der Waals surface area contributed by atoms with E-state index < -0.39 is 6.04 Å². The summed E-state index contributed by atoms with van der Waals surface area (Å²) in [4.78, 5) is 36.1. The van der Waals surface area contributed by atoms with Crippen molar-refractivity contribution in [2.75, 3.05) is 26.8 Å². The fourth-order valence-electron chi connectivity index (χ4n) is 2.33. The first-order chi connectivity index (χ1) is 9.10. The zero-order chi connectivity index (χ0) is 13.8. The minimum absolute atomic E-state index is 0.0854. The molecule has 2 atom stereocenters. The summed E-state index contributed by atoms with van der Waals surface area (Å²) >= 11 is 0. The summed E-state index contributed by atoms with van der Waals surface area (Å²) in [6, 6.07) is -0.427. The Morgan fingerprint density at radius 2 is 2.32 bits per heavy atom. The lowest BCUT2D eigenvalue weighted by Gasteiger charge is -2.33.